The molecule has 0 bridgehead atoms. The van der Waals surface area contributed by atoms with Gasteiger partial charge in [-0.25, -0.2) is 8.78 Å². The van der Waals surface area contributed by atoms with Gasteiger partial charge in [0.2, 0.25) is 0 Å². The maximum atomic E-state index is 13.3. The van der Waals surface area contributed by atoms with E-state index in [-0.39, 0.29) is 11.6 Å². The molecule has 3 aromatic rings. The number of aromatic amines is 1. The van der Waals surface area contributed by atoms with Crippen molar-refractivity contribution >= 4 is 16.6 Å². The molecule has 2 N–H and O–H groups in total. The van der Waals surface area contributed by atoms with E-state index in [1.54, 1.807) is 12.1 Å². The van der Waals surface area contributed by atoms with Crippen LogP contribution in [0.2, 0.25) is 0 Å². The summed E-state index contributed by atoms with van der Waals surface area (Å²) >= 11 is 0. The predicted octanol–water partition coefficient (Wildman–Crippen LogP) is 4.74. The zero-order chi connectivity index (χ0) is 17.9. The fourth-order valence-electron chi connectivity index (χ4n) is 3.88. The number of hydrogen-bond donors (Lipinski definition) is 2. The minimum absolute atomic E-state index is 0.202. The van der Waals surface area contributed by atoms with Crippen LogP contribution in [0, 0.1) is 11.6 Å². The van der Waals surface area contributed by atoms with Crippen LogP contribution >= 0.6 is 0 Å². The second-order valence-corrected chi connectivity index (χ2v) is 6.99. The van der Waals surface area contributed by atoms with E-state index < -0.39 is 0 Å². The van der Waals surface area contributed by atoms with E-state index in [1.165, 1.54) is 23.8 Å². The first-order chi connectivity index (χ1) is 12.7. The molecule has 3 nitrogen and oxygen atoms in total. The lowest BCUT2D eigenvalue weighted by Gasteiger charge is -2.32. The summed E-state index contributed by atoms with van der Waals surface area (Å²) in [6.07, 6.45) is 4.24. The van der Waals surface area contributed by atoms with Gasteiger partial charge >= 0.3 is 0 Å². The lowest BCUT2D eigenvalue weighted by atomic mass is 9.89. The summed E-state index contributed by atoms with van der Waals surface area (Å²) in [5.74, 6) is 0.0996. The van der Waals surface area contributed by atoms with Crippen molar-refractivity contribution in [1.29, 1.82) is 0 Å². The number of benzene rings is 2. The van der Waals surface area contributed by atoms with Gasteiger partial charge in [0, 0.05) is 35.9 Å². The van der Waals surface area contributed by atoms with Gasteiger partial charge in [-0.2, -0.15) is 0 Å². The van der Waals surface area contributed by atoms with Crippen molar-refractivity contribution in [2.24, 2.45) is 0 Å². The molecule has 0 unspecified atom stereocenters. The van der Waals surface area contributed by atoms with Gasteiger partial charge < -0.3 is 15.2 Å². The van der Waals surface area contributed by atoms with Crippen molar-refractivity contribution in [3.8, 4) is 0 Å². The normalized spacial score (nSPS) is 16.2. The molecule has 1 aliphatic heterocycles. The number of hydrogen-bond acceptors (Lipinski definition) is 2. The van der Waals surface area contributed by atoms with Crippen molar-refractivity contribution in [3.63, 3.8) is 0 Å². The van der Waals surface area contributed by atoms with Crippen LogP contribution in [0.15, 0.2) is 48.7 Å². The van der Waals surface area contributed by atoms with Crippen molar-refractivity contribution in [2.75, 3.05) is 31.5 Å². The molecule has 0 atom stereocenters. The smallest absolute Gasteiger partial charge is 0.125 e. The Morgan fingerprint density at radius 3 is 2.65 bits per heavy atom. The van der Waals surface area contributed by atoms with Gasteiger partial charge in [0.05, 0.1) is 0 Å². The lowest BCUT2D eigenvalue weighted by Crippen LogP contribution is -2.36. The van der Waals surface area contributed by atoms with E-state index in [2.05, 4.69) is 15.2 Å². The summed E-state index contributed by atoms with van der Waals surface area (Å²) in [6.45, 7) is 3.84. The highest BCUT2D eigenvalue weighted by atomic mass is 19.1. The summed E-state index contributed by atoms with van der Waals surface area (Å²) in [5, 5.41) is 4.42. The molecule has 4 rings (SSSR count). The highest BCUT2D eigenvalue weighted by molar-refractivity contribution is 5.83. The predicted molar refractivity (Wildman–Crippen MR) is 102 cm³/mol. The number of halogens is 2. The minimum atomic E-state index is -0.213. The largest absolute Gasteiger partial charge is 0.384 e. The van der Waals surface area contributed by atoms with Gasteiger partial charge in [-0.3, -0.25) is 0 Å². The fourth-order valence-corrected chi connectivity index (χ4v) is 3.88. The van der Waals surface area contributed by atoms with Crippen LogP contribution in [0.25, 0.3) is 10.9 Å². The second kappa shape index (κ2) is 7.46. The molecule has 0 radical (unpaired) electrons. The SMILES string of the molecule is Fc1cccc(NCCN2CCC(c3c[nH]c4cc(F)ccc34)CC2)c1. The quantitative estimate of drug-likeness (QED) is 0.693. The summed E-state index contributed by atoms with van der Waals surface area (Å²) in [6, 6.07) is 11.6. The van der Waals surface area contributed by atoms with Crippen molar-refractivity contribution < 1.29 is 8.78 Å². The monoisotopic (exact) mass is 355 g/mol. The van der Waals surface area contributed by atoms with E-state index in [4.69, 9.17) is 0 Å². The van der Waals surface area contributed by atoms with Crippen molar-refractivity contribution in [3.05, 3.63) is 65.9 Å². The number of fused-ring (bicyclic) bond motifs is 1. The lowest BCUT2D eigenvalue weighted by molar-refractivity contribution is 0.220. The first-order valence-corrected chi connectivity index (χ1v) is 9.17. The van der Waals surface area contributed by atoms with E-state index in [1.807, 2.05) is 18.3 Å². The Labute approximate surface area is 152 Å². The Morgan fingerprint density at radius 2 is 1.85 bits per heavy atom. The summed E-state index contributed by atoms with van der Waals surface area (Å²) in [7, 11) is 0. The van der Waals surface area contributed by atoms with E-state index in [0.29, 0.717) is 5.92 Å². The summed E-state index contributed by atoms with van der Waals surface area (Å²) < 4.78 is 26.5. The molecule has 1 aromatic heterocycles. The maximum absolute atomic E-state index is 13.3. The number of H-pyrrole nitrogens is 1. The Kier molecular flexibility index (Phi) is 4.89. The van der Waals surface area contributed by atoms with Crippen LogP contribution in [0.1, 0.15) is 24.3 Å². The summed E-state index contributed by atoms with van der Waals surface area (Å²) in [4.78, 5) is 5.64. The Balaban J connectivity index is 1.29. The van der Waals surface area contributed by atoms with Gasteiger partial charge in [-0.1, -0.05) is 6.07 Å². The Bertz CT molecular complexity index is 882. The number of nitrogens with zero attached hydrogens (tertiary/aromatic N) is 1. The first-order valence-electron chi connectivity index (χ1n) is 9.17. The van der Waals surface area contributed by atoms with Crippen molar-refractivity contribution in [1.82, 2.24) is 9.88 Å². The van der Waals surface area contributed by atoms with Gasteiger partial charge in [-0.15, -0.1) is 0 Å². The fraction of sp³-hybridized carbons (Fsp3) is 0.333. The van der Waals surface area contributed by atoms with Gasteiger partial charge in [0.15, 0.2) is 0 Å². The molecule has 1 aliphatic rings. The number of likely N-dealkylation sites (tertiary alicyclic amines) is 1. The molecule has 136 valence electrons. The maximum Gasteiger partial charge on any atom is 0.125 e. The standard InChI is InChI=1S/C21H23F2N3/c22-16-2-1-3-18(12-16)24-8-11-26-9-6-15(7-10-26)20-14-25-21-13-17(23)4-5-19(20)21/h1-5,12-15,24-25H,6-11H2. The number of aromatic nitrogens is 1. The topological polar surface area (TPSA) is 31.1 Å². The van der Waals surface area contributed by atoms with E-state index in [0.717, 1.165) is 55.6 Å². The van der Waals surface area contributed by atoms with Gasteiger partial charge in [0.1, 0.15) is 11.6 Å². The highest BCUT2D eigenvalue weighted by Gasteiger charge is 2.22. The minimum Gasteiger partial charge on any atom is -0.384 e. The number of anilines is 1. The number of nitrogens with one attached hydrogen (secondary N) is 2. The molecule has 2 aromatic carbocycles. The first kappa shape index (κ1) is 17.0. The zero-order valence-electron chi connectivity index (χ0n) is 14.6. The number of piperidine rings is 1. The van der Waals surface area contributed by atoms with Crippen LogP contribution in [-0.4, -0.2) is 36.1 Å². The molecular weight excluding hydrogens is 332 g/mol. The van der Waals surface area contributed by atoms with Crippen LogP contribution in [-0.2, 0) is 0 Å². The molecule has 0 saturated carbocycles. The Hall–Kier alpha value is -2.40. The average Bonchev–Trinajstić information content (AvgIpc) is 3.05. The van der Waals surface area contributed by atoms with Crippen LogP contribution < -0.4 is 5.32 Å². The molecular formula is C21H23F2N3. The van der Waals surface area contributed by atoms with Gasteiger partial charge in [0.25, 0.3) is 0 Å². The highest BCUT2D eigenvalue weighted by Crippen LogP contribution is 2.33. The molecule has 0 spiro atoms. The summed E-state index contributed by atoms with van der Waals surface area (Å²) in [5.41, 5.74) is 3.00. The number of rotatable bonds is 5. The molecule has 26 heavy (non-hydrogen) atoms. The van der Waals surface area contributed by atoms with Crippen LogP contribution in [0.5, 0.6) is 0 Å². The van der Waals surface area contributed by atoms with Crippen LogP contribution in [0.3, 0.4) is 0 Å². The Morgan fingerprint density at radius 1 is 1.04 bits per heavy atom. The second-order valence-electron chi connectivity index (χ2n) is 6.99. The molecule has 1 fully saturated rings. The third-order valence-electron chi connectivity index (χ3n) is 5.28. The average molecular weight is 355 g/mol. The third-order valence-corrected chi connectivity index (χ3v) is 5.28. The van der Waals surface area contributed by atoms with E-state index >= 15 is 0 Å². The van der Waals surface area contributed by atoms with Crippen LogP contribution in [0.4, 0.5) is 14.5 Å². The molecule has 2 heterocycles. The zero-order valence-corrected chi connectivity index (χ0v) is 14.6. The van der Waals surface area contributed by atoms with Crippen molar-refractivity contribution in [2.45, 2.75) is 18.8 Å². The van der Waals surface area contributed by atoms with Gasteiger partial charge in [-0.05, 0) is 73.8 Å². The molecule has 0 amide bonds. The molecule has 5 heteroatoms. The molecule has 1 saturated heterocycles. The van der Waals surface area contributed by atoms with E-state index in [9.17, 15) is 8.78 Å². The third kappa shape index (κ3) is 3.73. The molecule has 0 aliphatic carbocycles.